The molecule has 6 heterocycles. The van der Waals surface area contributed by atoms with Gasteiger partial charge >= 0.3 is 0 Å². The summed E-state index contributed by atoms with van der Waals surface area (Å²) < 4.78 is 122. The summed E-state index contributed by atoms with van der Waals surface area (Å²) in [6, 6.07) is 27.0. The molecule has 594 valence electrons. The van der Waals surface area contributed by atoms with E-state index in [0.29, 0.717) is 30.8 Å². The number of amides is 5. The Labute approximate surface area is 637 Å². The Balaban J connectivity index is 0.000000211. The second-order valence-electron chi connectivity index (χ2n) is 25.0. The summed E-state index contributed by atoms with van der Waals surface area (Å²) in [5.41, 5.74) is 0.307. The molecule has 3 aliphatic heterocycles. The Kier molecular flexibility index (Phi) is 30.5. The lowest BCUT2D eigenvalue weighted by atomic mass is 10.0. The number of rotatable bonds is 31. The van der Waals surface area contributed by atoms with Gasteiger partial charge in [0.25, 0.3) is 29.5 Å². The van der Waals surface area contributed by atoms with E-state index in [1.165, 1.54) is 84.3 Å². The van der Waals surface area contributed by atoms with Crippen LogP contribution in [-0.4, -0.2) is 189 Å². The molecule has 2 N–H and O–H groups in total. The molecule has 0 unspecified atom stereocenters. The zero-order chi connectivity index (χ0) is 80.2. The number of halogens is 6. The van der Waals surface area contributed by atoms with Crippen molar-refractivity contribution in [1.29, 1.82) is 0 Å². The number of ketones is 3. The van der Waals surface area contributed by atoms with Gasteiger partial charge in [0.1, 0.15) is 81.3 Å². The van der Waals surface area contributed by atoms with Crippen LogP contribution in [0.25, 0.3) is 0 Å². The number of fused-ring (bicyclic) bond motifs is 3. The maximum Gasteiger partial charge on any atom is 0.278 e. The Morgan fingerprint density at radius 2 is 0.795 bits per heavy atom. The molecule has 5 amide bonds. The number of methoxy groups -OCH3 is 5. The van der Waals surface area contributed by atoms with E-state index in [0.717, 1.165) is 56.6 Å². The normalized spacial score (nSPS) is 12.8. The van der Waals surface area contributed by atoms with Crippen molar-refractivity contribution in [3.63, 3.8) is 0 Å². The van der Waals surface area contributed by atoms with Gasteiger partial charge in [-0.25, -0.2) is 45.7 Å². The van der Waals surface area contributed by atoms with Crippen molar-refractivity contribution in [2.45, 2.75) is 51.7 Å². The highest BCUT2D eigenvalue weighted by Gasteiger charge is 2.40. The Bertz CT molecular complexity index is 4970. The molecule has 0 aliphatic carbocycles. The number of aromatic nitrogens is 3. The minimum absolute atomic E-state index is 0. The predicted molar refractivity (Wildman–Crippen MR) is 392 cm³/mol. The van der Waals surface area contributed by atoms with Gasteiger partial charge in [0, 0.05) is 111 Å². The van der Waals surface area contributed by atoms with Crippen LogP contribution < -0.4 is 41.2 Å². The van der Waals surface area contributed by atoms with E-state index in [2.05, 4.69) is 5.43 Å². The quantitative estimate of drug-likeness (QED) is 0.0249. The number of carbonyl (C=O) groups excluding carboxylic acids is 8. The van der Waals surface area contributed by atoms with E-state index in [9.17, 15) is 84.2 Å². The summed E-state index contributed by atoms with van der Waals surface area (Å²) in [4.78, 5) is 148. The number of benzene rings is 5. The Hall–Kier alpha value is -12.1. The lowest BCUT2D eigenvalue weighted by Crippen LogP contribution is -2.58. The molecule has 11 rings (SSSR count). The third-order valence-electron chi connectivity index (χ3n) is 17.6. The van der Waals surface area contributed by atoms with Crippen molar-refractivity contribution in [2.24, 2.45) is 0 Å². The van der Waals surface area contributed by atoms with Crippen molar-refractivity contribution in [1.82, 2.24) is 28.7 Å². The highest BCUT2D eigenvalue weighted by Crippen LogP contribution is 2.28. The maximum atomic E-state index is 14.2. The third kappa shape index (κ3) is 20.7. The average molecular weight is 1560 g/mol. The summed E-state index contributed by atoms with van der Waals surface area (Å²) in [6.07, 6.45) is 2.29. The fraction of sp³-hybridized carbons (Fsp3) is 0.308. The number of carbonyl (C=O) groups is 8. The highest BCUT2D eigenvalue weighted by molar-refractivity contribution is 6.04. The number of nitrogens with zero attached hydrogens (tertiary/aromatic N) is 8. The van der Waals surface area contributed by atoms with Crippen LogP contribution >= 0.6 is 0 Å². The summed E-state index contributed by atoms with van der Waals surface area (Å²) >= 11 is 0. The number of nitrogens with one attached hydrogen (secondary N) is 1. The van der Waals surface area contributed by atoms with Crippen molar-refractivity contribution >= 4 is 46.9 Å². The van der Waals surface area contributed by atoms with E-state index in [-0.39, 0.29) is 164 Å². The van der Waals surface area contributed by atoms with Gasteiger partial charge in [-0.3, -0.25) is 57.4 Å². The third-order valence-corrected chi connectivity index (χ3v) is 17.6. The molecule has 0 saturated heterocycles. The number of aromatic hydroxyl groups is 1. The predicted octanol–water partition coefficient (Wildman–Crippen LogP) is 7.08. The number of pyridine rings is 3. The molecule has 5 aromatic carbocycles. The van der Waals surface area contributed by atoms with Crippen LogP contribution in [0, 0.1) is 42.3 Å². The van der Waals surface area contributed by atoms with Gasteiger partial charge in [-0.1, -0.05) is 78.9 Å². The molecule has 8 aromatic rings. The molecule has 3 aromatic heterocycles. The molecule has 28 nitrogen and oxygen atoms in total. The van der Waals surface area contributed by atoms with Gasteiger partial charge in [-0.05, 0) is 65.3 Å². The van der Waals surface area contributed by atoms with Crippen LogP contribution in [-0.2, 0) is 65.7 Å². The second kappa shape index (κ2) is 40.0. The fourth-order valence-electron chi connectivity index (χ4n) is 11.7. The van der Waals surface area contributed by atoms with Gasteiger partial charge in [-0.2, -0.15) is 0 Å². The molecule has 0 radical (unpaired) electrons. The van der Waals surface area contributed by atoms with Crippen LogP contribution in [0.15, 0.2) is 148 Å². The first-order valence-electron chi connectivity index (χ1n) is 34.3. The maximum absolute atomic E-state index is 14.2. The molecule has 0 spiro atoms. The van der Waals surface area contributed by atoms with Crippen LogP contribution in [0.4, 0.5) is 26.3 Å². The first-order valence-corrected chi connectivity index (χ1v) is 34.3. The van der Waals surface area contributed by atoms with Crippen molar-refractivity contribution in [3.05, 3.63) is 268 Å². The van der Waals surface area contributed by atoms with E-state index in [1.807, 2.05) is 18.2 Å². The summed E-state index contributed by atoms with van der Waals surface area (Å²) in [7, 11) is 7.03. The molecule has 0 saturated carbocycles. The van der Waals surface area contributed by atoms with Gasteiger partial charge in [0.2, 0.25) is 16.3 Å². The standard InChI is InChI=1S/C29H29F2N3O7.C26H25F2N3O5.C22H23F2N3O7.CH3/c1-39-13-12-32-18-34(25(36)17-40-2)33-15-22(24(35)11-9-20-8-10-21(30)14-23(20)31)27(37)28(26(33)29(32)38)41-16-19-6-4-3-5-7-19;1-35-12-11-30-16-29-31-14-20(22(32)10-8-18-7-9-19(27)13-21(18)28)24(33)25(23(31)26(30)34)36-15-17-5-3-2-4-6-17;1-33-8-7-25-12-27(18(29)11-34-2)26-10-15(20(30)21(31)19(26)22(25)32)17(28)6-4-13-3-5-14(23)9-16(13)24;/h3-8,10,14-15H,9,11-13,16-18H2,1-2H3;2-7,9,13-14,29H,8,10-12,15-16H2,1H3;3,5,9-10,31H,4,6-8,11-12H2,1-2H3;1H3/q;;;-1. The van der Waals surface area contributed by atoms with E-state index in [1.54, 1.807) is 42.5 Å². The minimum atomic E-state index is -1.10. The number of ether oxygens (including phenoxy) is 7. The smallest absolute Gasteiger partial charge is 0.278 e. The highest BCUT2D eigenvalue weighted by atomic mass is 19.2. The summed E-state index contributed by atoms with van der Waals surface area (Å²) in [5.74, 6) is -11.2. The van der Waals surface area contributed by atoms with Crippen LogP contribution in [0.2, 0.25) is 0 Å². The largest absolute Gasteiger partial charge is 0.502 e. The zero-order valence-corrected chi connectivity index (χ0v) is 61.8. The molecule has 3 aliphatic rings. The zero-order valence-electron chi connectivity index (χ0n) is 61.8. The SMILES string of the molecule is COCCN1CN(C(=O)COC)n2cc(C(=O)CCc3ccc(F)cc3F)c(=O)c(O)c2C1=O.COCCN1CN(C(=O)COC)n2cc(C(=O)CCc3ccc(F)cc3F)c(=O)c(OCc3ccccc3)c2C1=O.COCCN1CNn2cc(C(=O)CCc3ccc(F)cc3F)c(=O)c(OCc3ccccc3)c2C1=O.[CH3-]. The van der Waals surface area contributed by atoms with Crippen molar-refractivity contribution < 1.29 is 103 Å². The van der Waals surface area contributed by atoms with E-state index >= 15 is 0 Å². The number of hydrogen-bond acceptors (Lipinski definition) is 20. The number of hydrogen-bond donors (Lipinski definition) is 2. The van der Waals surface area contributed by atoms with Crippen LogP contribution in [0.1, 0.15) is 110 Å². The molecular formula is C78H80F6N9O19-. The molecule has 0 bridgehead atoms. The second-order valence-corrected chi connectivity index (χ2v) is 25.0. The van der Waals surface area contributed by atoms with Crippen molar-refractivity contribution in [2.75, 3.05) is 124 Å². The lowest BCUT2D eigenvalue weighted by Gasteiger charge is -2.38. The first kappa shape index (κ1) is 85.5. The molecule has 34 heteroatoms. The van der Waals surface area contributed by atoms with Gasteiger partial charge in [0.05, 0.1) is 36.5 Å². The summed E-state index contributed by atoms with van der Waals surface area (Å²) in [6.45, 7) is -0.0360. The van der Waals surface area contributed by atoms with Gasteiger partial charge in [0.15, 0.2) is 51.7 Å². The van der Waals surface area contributed by atoms with Gasteiger partial charge < -0.3 is 65.8 Å². The molecular weight excluding hydrogens is 1480 g/mol. The molecule has 112 heavy (non-hydrogen) atoms. The fourth-order valence-corrected chi connectivity index (χ4v) is 11.7. The van der Waals surface area contributed by atoms with Crippen molar-refractivity contribution in [3.8, 4) is 17.2 Å². The van der Waals surface area contributed by atoms with E-state index in [4.69, 9.17) is 33.2 Å². The van der Waals surface area contributed by atoms with Gasteiger partial charge in [-0.15, -0.1) is 0 Å². The Morgan fingerprint density at radius 1 is 0.438 bits per heavy atom. The lowest BCUT2D eigenvalue weighted by molar-refractivity contribution is -0.125. The number of Topliss-reactive ketones (excluding diaryl/α,β-unsaturated/α-hetero) is 3. The molecule has 0 atom stereocenters. The van der Waals surface area contributed by atoms with E-state index < -0.39 is 121 Å². The molecule has 0 fully saturated rings. The van der Waals surface area contributed by atoms with Crippen LogP contribution in [0.3, 0.4) is 0 Å². The Morgan fingerprint density at radius 3 is 1.19 bits per heavy atom. The first-order chi connectivity index (χ1) is 53.3. The minimum Gasteiger partial charge on any atom is -0.502 e. The topological polar surface area (TPSA) is 316 Å². The average Bonchev–Trinajstić information content (AvgIpc) is 0.888. The number of aryl methyl sites for hydroxylation is 3. The monoisotopic (exact) mass is 1560 g/mol. The summed E-state index contributed by atoms with van der Waals surface area (Å²) in [5, 5.41) is 12.8. The van der Waals surface area contributed by atoms with Crippen LogP contribution in [0.5, 0.6) is 17.2 Å².